The monoisotopic (exact) mass is 461 g/mol. The van der Waals surface area contributed by atoms with Crippen LogP contribution < -0.4 is 10.5 Å². The number of likely N-dealkylation sites (N-methyl/N-ethyl adjacent to an activating group) is 1. The molecule has 8 nitrogen and oxygen atoms in total. The summed E-state index contributed by atoms with van der Waals surface area (Å²) >= 11 is 0. The van der Waals surface area contributed by atoms with E-state index < -0.39 is 18.1 Å². The van der Waals surface area contributed by atoms with Gasteiger partial charge >= 0.3 is 12.1 Å². The Bertz CT molecular complexity index is 1200. The Kier molecular flexibility index (Phi) is 6.09. The van der Waals surface area contributed by atoms with Crippen molar-refractivity contribution in [1.29, 1.82) is 0 Å². The van der Waals surface area contributed by atoms with E-state index in [1.54, 1.807) is 30.5 Å². The van der Waals surface area contributed by atoms with Crippen molar-refractivity contribution in [3.63, 3.8) is 0 Å². The van der Waals surface area contributed by atoms with Crippen molar-refractivity contribution in [3.05, 3.63) is 53.7 Å². The van der Waals surface area contributed by atoms with Crippen LogP contribution in [0.3, 0.4) is 0 Å². The maximum atomic E-state index is 12.9. The van der Waals surface area contributed by atoms with Gasteiger partial charge in [-0.05, 0) is 19.2 Å². The molecular weight excluding hydrogens is 439 g/mol. The highest BCUT2D eigenvalue weighted by atomic mass is 19.4. The molecule has 3 aromatic rings. The van der Waals surface area contributed by atoms with Gasteiger partial charge in [-0.15, -0.1) is 0 Å². The second-order valence-corrected chi connectivity index (χ2v) is 7.94. The van der Waals surface area contributed by atoms with E-state index in [0.717, 1.165) is 26.2 Å². The number of primary amides is 1. The number of hydrogen-bond donors (Lipinski definition) is 1. The standard InChI is InChI=1S/C22H22F3N5O3/c1-28-7-9-29(10-8-28)12-14-5-6-16(11-18(14)33-21(32)22(23,24)25)30-13-15-3-2-4-17(20(26)31)19(15)27-30/h2-6,11,13H,7-10,12H2,1H3,(H2,26,31). The normalized spacial score (nSPS) is 15.6. The minimum Gasteiger partial charge on any atom is -0.419 e. The van der Waals surface area contributed by atoms with E-state index in [1.807, 2.05) is 7.05 Å². The molecule has 174 valence electrons. The van der Waals surface area contributed by atoms with E-state index in [2.05, 4.69) is 14.9 Å². The second-order valence-electron chi connectivity index (χ2n) is 7.94. The number of ether oxygens (including phenoxy) is 1. The quantitative estimate of drug-likeness (QED) is 0.463. The fourth-order valence-corrected chi connectivity index (χ4v) is 3.69. The number of carbonyl (C=O) groups excluding carboxylic acids is 2. The molecular formula is C22H22F3N5O3. The summed E-state index contributed by atoms with van der Waals surface area (Å²) in [6.07, 6.45) is -3.51. The van der Waals surface area contributed by atoms with E-state index in [9.17, 15) is 22.8 Å². The minimum absolute atomic E-state index is 0.191. The van der Waals surface area contributed by atoms with Gasteiger partial charge in [-0.1, -0.05) is 18.2 Å². The number of benzene rings is 2. The zero-order chi connectivity index (χ0) is 23.8. The summed E-state index contributed by atoms with van der Waals surface area (Å²) in [6, 6.07) is 9.56. The number of nitrogens with zero attached hydrogens (tertiary/aromatic N) is 4. The van der Waals surface area contributed by atoms with Gasteiger partial charge < -0.3 is 15.4 Å². The summed E-state index contributed by atoms with van der Waals surface area (Å²) in [4.78, 5) is 27.5. The molecule has 1 aromatic heterocycles. The molecule has 2 N–H and O–H groups in total. The topological polar surface area (TPSA) is 93.7 Å². The molecule has 11 heteroatoms. The third-order valence-corrected chi connectivity index (χ3v) is 5.54. The van der Waals surface area contributed by atoms with Crippen LogP contribution in [0.15, 0.2) is 42.6 Å². The van der Waals surface area contributed by atoms with Crippen molar-refractivity contribution in [3.8, 4) is 11.4 Å². The number of rotatable bonds is 5. The van der Waals surface area contributed by atoms with Gasteiger partial charge in [-0.2, -0.15) is 18.3 Å². The third-order valence-electron chi connectivity index (χ3n) is 5.54. The number of alkyl halides is 3. The first-order valence-electron chi connectivity index (χ1n) is 10.2. The largest absolute Gasteiger partial charge is 0.491 e. The first kappa shape index (κ1) is 22.7. The number of esters is 1. The van der Waals surface area contributed by atoms with Gasteiger partial charge in [0.1, 0.15) is 11.3 Å². The van der Waals surface area contributed by atoms with Crippen LogP contribution in [-0.4, -0.2) is 70.9 Å². The molecule has 0 unspecified atom stereocenters. The van der Waals surface area contributed by atoms with Crippen molar-refractivity contribution < 1.29 is 27.5 Å². The van der Waals surface area contributed by atoms with E-state index in [1.165, 1.54) is 16.8 Å². The summed E-state index contributed by atoms with van der Waals surface area (Å²) in [5, 5.41) is 4.99. The molecule has 0 atom stereocenters. The lowest BCUT2D eigenvalue weighted by Gasteiger charge is -2.32. The molecule has 0 aliphatic carbocycles. The van der Waals surface area contributed by atoms with Crippen molar-refractivity contribution in [2.45, 2.75) is 12.7 Å². The second kappa shape index (κ2) is 8.83. The number of halogens is 3. The maximum absolute atomic E-state index is 12.9. The molecule has 2 aromatic carbocycles. The van der Waals surface area contributed by atoms with E-state index in [0.29, 0.717) is 28.7 Å². The smallest absolute Gasteiger partial charge is 0.419 e. The summed E-state index contributed by atoms with van der Waals surface area (Å²) in [6.45, 7) is 3.48. The SMILES string of the molecule is CN1CCN(Cc2ccc(-n3cc4cccc(C(N)=O)c4n3)cc2OC(=O)C(F)(F)F)CC1. The molecule has 0 radical (unpaired) electrons. The number of nitrogens with two attached hydrogens (primary N) is 1. The Labute approximate surface area is 187 Å². The van der Waals surface area contributed by atoms with Crippen LogP contribution in [0.25, 0.3) is 16.6 Å². The van der Waals surface area contributed by atoms with Crippen LogP contribution in [0.5, 0.6) is 5.75 Å². The third kappa shape index (κ3) is 4.99. The Morgan fingerprint density at radius 1 is 1.12 bits per heavy atom. The van der Waals surface area contributed by atoms with Gasteiger partial charge in [0.05, 0.1) is 11.3 Å². The Hall–Kier alpha value is -3.44. The predicted octanol–water partition coefficient (Wildman–Crippen LogP) is 2.34. The Morgan fingerprint density at radius 2 is 1.85 bits per heavy atom. The highest BCUT2D eigenvalue weighted by Gasteiger charge is 2.41. The highest BCUT2D eigenvalue weighted by Crippen LogP contribution is 2.28. The van der Waals surface area contributed by atoms with E-state index in [4.69, 9.17) is 10.5 Å². The van der Waals surface area contributed by atoms with Crippen molar-refractivity contribution >= 4 is 22.8 Å². The van der Waals surface area contributed by atoms with Crippen LogP contribution in [0, 0.1) is 0 Å². The van der Waals surface area contributed by atoms with Crippen molar-refractivity contribution in [1.82, 2.24) is 19.6 Å². The molecule has 1 aliphatic rings. The number of carbonyl (C=O) groups is 2. The van der Waals surface area contributed by atoms with Crippen LogP contribution in [-0.2, 0) is 11.3 Å². The fourth-order valence-electron chi connectivity index (χ4n) is 3.69. The van der Waals surface area contributed by atoms with Crippen LogP contribution >= 0.6 is 0 Å². The van der Waals surface area contributed by atoms with Gasteiger partial charge in [0.2, 0.25) is 0 Å². The van der Waals surface area contributed by atoms with E-state index >= 15 is 0 Å². The number of fused-ring (bicyclic) bond motifs is 1. The Balaban J connectivity index is 1.70. The lowest BCUT2D eigenvalue weighted by molar-refractivity contribution is -0.189. The molecule has 0 bridgehead atoms. The molecule has 2 heterocycles. The van der Waals surface area contributed by atoms with Crippen LogP contribution in [0.4, 0.5) is 13.2 Å². The predicted molar refractivity (Wildman–Crippen MR) is 114 cm³/mol. The Morgan fingerprint density at radius 3 is 2.52 bits per heavy atom. The lowest BCUT2D eigenvalue weighted by Crippen LogP contribution is -2.44. The zero-order valence-electron chi connectivity index (χ0n) is 17.8. The summed E-state index contributed by atoms with van der Waals surface area (Å²) in [5.74, 6) is -3.13. The van der Waals surface area contributed by atoms with Gasteiger partial charge in [0.15, 0.2) is 0 Å². The summed E-state index contributed by atoms with van der Waals surface area (Å²) < 4.78 is 44.9. The summed E-state index contributed by atoms with van der Waals surface area (Å²) in [5.41, 5.74) is 6.81. The number of piperazine rings is 1. The molecule has 1 aliphatic heterocycles. The van der Waals surface area contributed by atoms with Crippen molar-refractivity contribution in [2.24, 2.45) is 5.73 Å². The lowest BCUT2D eigenvalue weighted by atomic mass is 10.1. The number of amides is 1. The van der Waals surface area contributed by atoms with Crippen molar-refractivity contribution in [2.75, 3.05) is 33.2 Å². The maximum Gasteiger partial charge on any atom is 0.491 e. The minimum atomic E-state index is -5.13. The first-order chi connectivity index (χ1) is 15.6. The average Bonchev–Trinajstić information content (AvgIpc) is 3.20. The highest BCUT2D eigenvalue weighted by molar-refractivity contribution is 6.04. The number of aromatic nitrogens is 2. The van der Waals surface area contributed by atoms with Crippen LogP contribution in [0.2, 0.25) is 0 Å². The van der Waals surface area contributed by atoms with Crippen LogP contribution in [0.1, 0.15) is 15.9 Å². The zero-order valence-corrected chi connectivity index (χ0v) is 17.8. The van der Waals surface area contributed by atoms with Gasteiger partial charge in [-0.25, -0.2) is 9.48 Å². The molecule has 0 saturated carbocycles. The molecule has 1 fully saturated rings. The fraction of sp³-hybridized carbons (Fsp3) is 0.318. The molecule has 33 heavy (non-hydrogen) atoms. The van der Waals surface area contributed by atoms with Gasteiger partial charge in [0.25, 0.3) is 5.91 Å². The first-order valence-corrected chi connectivity index (χ1v) is 10.2. The molecule has 1 saturated heterocycles. The van der Waals surface area contributed by atoms with E-state index in [-0.39, 0.29) is 11.3 Å². The molecule has 0 spiro atoms. The molecule has 1 amide bonds. The average molecular weight is 461 g/mol. The summed E-state index contributed by atoms with van der Waals surface area (Å²) in [7, 11) is 2.00. The van der Waals surface area contributed by atoms with Gasteiger partial charge in [-0.3, -0.25) is 9.69 Å². The number of hydrogen-bond acceptors (Lipinski definition) is 6. The molecule has 4 rings (SSSR count). The van der Waals surface area contributed by atoms with Gasteiger partial charge in [0, 0.05) is 55.9 Å².